The molecule has 1 aromatic carbocycles. The predicted octanol–water partition coefficient (Wildman–Crippen LogP) is 1.96. The number of carbonyl (C=O) groups is 2. The lowest BCUT2D eigenvalue weighted by molar-refractivity contribution is -0.385. The highest BCUT2D eigenvalue weighted by atomic mass is 16.6. The summed E-state index contributed by atoms with van der Waals surface area (Å²) in [5.74, 6) is -1.22. The van der Waals surface area contributed by atoms with E-state index < -0.39 is 16.8 Å². The van der Waals surface area contributed by atoms with E-state index >= 15 is 0 Å². The predicted molar refractivity (Wildman–Crippen MR) is 84.8 cm³/mol. The highest BCUT2D eigenvalue weighted by Gasteiger charge is 2.23. The van der Waals surface area contributed by atoms with Gasteiger partial charge in [-0.1, -0.05) is 31.2 Å². The molecule has 0 aromatic heterocycles. The molecule has 0 spiro atoms. The summed E-state index contributed by atoms with van der Waals surface area (Å²) in [6, 6.07) is 6.10. The van der Waals surface area contributed by atoms with Gasteiger partial charge in [0.2, 0.25) is 5.91 Å². The summed E-state index contributed by atoms with van der Waals surface area (Å²) in [7, 11) is 1.28. The van der Waals surface area contributed by atoms with Gasteiger partial charge in [0.25, 0.3) is 5.69 Å². The zero-order valence-electron chi connectivity index (χ0n) is 13.2. The summed E-state index contributed by atoms with van der Waals surface area (Å²) in [6.07, 6.45) is 1.43. The fourth-order valence-electron chi connectivity index (χ4n) is 2.15. The molecule has 7 heteroatoms. The number of amides is 1. The quantitative estimate of drug-likeness (QED) is 0.316. The molecule has 0 N–H and O–H groups in total. The van der Waals surface area contributed by atoms with Crippen molar-refractivity contribution in [2.75, 3.05) is 20.2 Å². The van der Waals surface area contributed by atoms with Gasteiger partial charge in [-0.25, -0.2) is 0 Å². The molecule has 1 unspecified atom stereocenters. The van der Waals surface area contributed by atoms with Crippen molar-refractivity contribution in [2.45, 2.75) is 13.3 Å². The summed E-state index contributed by atoms with van der Waals surface area (Å²) in [4.78, 5) is 35.9. The molecule has 0 aliphatic carbocycles. The Bertz CT molecular complexity index is 600. The second kappa shape index (κ2) is 8.67. The Kier molecular flexibility index (Phi) is 6.92. The first-order chi connectivity index (χ1) is 10.9. The number of nitrogens with zero attached hydrogens (tertiary/aromatic N) is 2. The van der Waals surface area contributed by atoms with E-state index in [-0.39, 0.29) is 31.1 Å². The van der Waals surface area contributed by atoms with Gasteiger partial charge in [-0.2, -0.15) is 0 Å². The Hall–Kier alpha value is -2.70. The Morgan fingerprint density at radius 3 is 2.65 bits per heavy atom. The molecule has 0 aliphatic heterocycles. The fourth-order valence-corrected chi connectivity index (χ4v) is 2.15. The van der Waals surface area contributed by atoms with Gasteiger partial charge in [-0.3, -0.25) is 19.7 Å². The molecule has 124 valence electrons. The molecule has 7 nitrogen and oxygen atoms in total. The summed E-state index contributed by atoms with van der Waals surface area (Å²) in [5, 5.41) is 11.0. The smallest absolute Gasteiger partial charge is 0.310 e. The van der Waals surface area contributed by atoms with Gasteiger partial charge in [-0.05, 0) is 0 Å². The maximum atomic E-state index is 12.4. The van der Waals surface area contributed by atoms with Crippen molar-refractivity contribution in [3.05, 3.63) is 52.6 Å². The van der Waals surface area contributed by atoms with E-state index in [0.29, 0.717) is 5.56 Å². The first-order valence-corrected chi connectivity index (χ1v) is 7.09. The van der Waals surface area contributed by atoms with Crippen molar-refractivity contribution in [3.63, 3.8) is 0 Å². The number of ether oxygens (including phenoxy) is 1. The van der Waals surface area contributed by atoms with E-state index in [2.05, 4.69) is 11.3 Å². The van der Waals surface area contributed by atoms with Crippen LogP contribution in [0, 0.1) is 16.0 Å². The van der Waals surface area contributed by atoms with Crippen LogP contribution >= 0.6 is 0 Å². The highest BCUT2D eigenvalue weighted by molar-refractivity contribution is 5.81. The first kappa shape index (κ1) is 18.3. The zero-order valence-corrected chi connectivity index (χ0v) is 13.2. The molecule has 0 radical (unpaired) electrons. The van der Waals surface area contributed by atoms with Gasteiger partial charge < -0.3 is 9.64 Å². The molecule has 0 fully saturated rings. The van der Waals surface area contributed by atoms with E-state index in [9.17, 15) is 19.7 Å². The average Bonchev–Trinajstić information content (AvgIpc) is 2.53. The molecule has 23 heavy (non-hydrogen) atoms. The van der Waals surface area contributed by atoms with Crippen LogP contribution < -0.4 is 0 Å². The second-order valence-corrected chi connectivity index (χ2v) is 5.07. The third kappa shape index (κ3) is 5.21. The van der Waals surface area contributed by atoms with Crippen LogP contribution in [0.1, 0.15) is 12.5 Å². The molecule has 0 heterocycles. The Morgan fingerprint density at radius 1 is 1.43 bits per heavy atom. The van der Waals surface area contributed by atoms with E-state index in [1.807, 2.05) is 0 Å². The minimum absolute atomic E-state index is 0.0968. The van der Waals surface area contributed by atoms with Gasteiger partial charge >= 0.3 is 5.97 Å². The number of hydrogen-bond donors (Lipinski definition) is 0. The van der Waals surface area contributed by atoms with Crippen molar-refractivity contribution in [1.29, 1.82) is 0 Å². The fraction of sp³-hybridized carbons (Fsp3) is 0.375. The molecule has 0 bridgehead atoms. The molecule has 1 aromatic rings. The van der Waals surface area contributed by atoms with Crippen LogP contribution in [0.25, 0.3) is 0 Å². The van der Waals surface area contributed by atoms with Crippen LogP contribution in [-0.4, -0.2) is 41.9 Å². The summed E-state index contributed by atoms with van der Waals surface area (Å²) >= 11 is 0. The third-order valence-corrected chi connectivity index (χ3v) is 3.33. The van der Waals surface area contributed by atoms with Crippen molar-refractivity contribution in [1.82, 2.24) is 4.90 Å². The normalized spacial score (nSPS) is 11.4. The van der Waals surface area contributed by atoms with E-state index in [1.165, 1.54) is 18.1 Å². The average molecular weight is 320 g/mol. The van der Waals surface area contributed by atoms with Crippen molar-refractivity contribution in [3.8, 4) is 0 Å². The maximum Gasteiger partial charge on any atom is 0.310 e. The van der Waals surface area contributed by atoms with Crippen LogP contribution in [0.4, 0.5) is 5.69 Å². The number of benzene rings is 1. The monoisotopic (exact) mass is 320 g/mol. The first-order valence-electron chi connectivity index (χ1n) is 7.09. The number of hydrogen-bond acceptors (Lipinski definition) is 5. The van der Waals surface area contributed by atoms with Crippen LogP contribution in [-0.2, 0) is 20.7 Å². The van der Waals surface area contributed by atoms with Gasteiger partial charge in [-0.15, -0.1) is 6.58 Å². The summed E-state index contributed by atoms with van der Waals surface area (Å²) in [6.45, 7) is 5.66. The number of esters is 1. The van der Waals surface area contributed by atoms with Gasteiger partial charge in [0.15, 0.2) is 0 Å². The minimum Gasteiger partial charge on any atom is -0.469 e. The van der Waals surface area contributed by atoms with E-state index in [0.717, 1.165) is 0 Å². The Labute approximate surface area is 134 Å². The molecule has 0 saturated heterocycles. The van der Waals surface area contributed by atoms with Crippen molar-refractivity contribution >= 4 is 17.6 Å². The topological polar surface area (TPSA) is 89.8 Å². The van der Waals surface area contributed by atoms with Gasteiger partial charge in [0.05, 0.1) is 24.4 Å². The molecule has 1 atom stereocenters. The largest absolute Gasteiger partial charge is 0.469 e. The summed E-state index contributed by atoms with van der Waals surface area (Å²) in [5.41, 5.74) is 0.239. The summed E-state index contributed by atoms with van der Waals surface area (Å²) < 4.78 is 4.65. The molecule has 0 saturated carbocycles. The number of nitro groups is 1. The number of para-hydroxylation sites is 1. The molecule has 0 aliphatic rings. The van der Waals surface area contributed by atoms with Crippen LogP contribution in [0.5, 0.6) is 0 Å². The number of nitro benzene ring substituents is 1. The van der Waals surface area contributed by atoms with E-state index in [4.69, 9.17) is 0 Å². The highest BCUT2D eigenvalue weighted by Crippen LogP contribution is 2.19. The van der Waals surface area contributed by atoms with Crippen molar-refractivity contribution in [2.24, 2.45) is 5.92 Å². The molecule has 1 rings (SSSR count). The lowest BCUT2D eigenvalue weighted by atomic mass is 10.1. The number of rotatable bonds is 8. The molecular formula is C16H20N2O5. The SMILES string of the molecule is C=CCN(CC(C)C(=O)OC)C(=O)Cc1ccccc1[N+](=O)[O-]. The molecular weight excluding hydrogens is 300 g/mol. The van der Waals surface area contributed by atoms with E-state index in [1.54, 1.807) is 31.2 Å². The van der Waals surface area contributed by atoms with Crippen LogP contribution in [0.15, 0.2) is 36.9 Å². The standard InChI is InChI=1S/C16H20N2O5/c1-4-9-17(11-12(2)16(20)23-3)15(19)10-13-7-5-6-8-14(13)18(21)22/h4-8,12H,1,9-11H2,2-3H3. The third-order valence-electron chi connectivity index (χ3n) is 3.33. The van der Waals surface area contributed by atoms with Gasteiger partial charge in [0, 0.05) is 24.7 Å². The van der Waals surface area contributed by atoms with Crippen molar-refractivity contribution < 1.29 is 19.2 Å². The lowest BCUT2D eigenvalue weighted by Gasteiger charge is -2.23. The molecule has 1 amide bonds. The number of methoxy groups -OCH3 is 1. The van der Waals surface area contributed by atoms with Crippen LogP contribution in [0.2, 0.25) is 0 Å². The van der Waals surface area contributed by atoms with Crippen LogP contribution in [0.3, 0.4) is 0 Å². The maximum absolute atomic E-state index is 12.4. The second-order valence-electron chi connectivity index (χ2n) is 5.07. The number of carbonyl (C=O) groups excluding carboxylic acids is 2. The minimum atomic E-state index is -0.516. The Morgan fingerprint density at radius 2 is 2.09 bits per heavy atom. The Balaban J connectivity index is 2.88. The van der Waals surface area contributed by atoms with Gasteiger partial charge in [0.1, 0.15) is 0 Å². The zero-order chi connectivity index (χ0) is 17.4. The lowest BCUT2D eigenvalue weighted by Crippen LogP contribution is -2.38.